The Morgan fingerprint density at radius 1 is 1.36 bits per heavy atom. The third kappa shape index (κ3) is 3.86. The van der Waals surface area contributed by atoms with Crippen molar-refractivity contribution < 1.29 is 5.11 Å². The molecule has 1 aromatic rings. The molecule has 0 spiro atoms. The van der Waals surface area contributed by atoms with Crippen LogP contribution >= 0.6 is 27.5 Å². The minimum Gasteiger partial charge on any atom is -0.396 e. The number of hydrogen-bond acceptors (Lipinski definition) is 2. The Morgan fingerprint density at radius 2 is 2.14 bits per heavy atom. The minimum absolute atomic E-state index is 0.244. The van der Waals surface area contributed by atoms with E-state index >= 15 is 0 Å². The van der Waals surface area contributed by atoms with Gasteiger partial charge in [0.1, 0.15) is 0 Å². The first kappa shape index (κ1) is 11.8. The fourth-order valence-electron chi connectivity index (χ4n) is 1.09. The van der Waals surface area contributed by atoms with Gasteiger partial charge in [0, 0.05) is 17.6 Å². The number of aliphatic hydroxyl groups is 1. The molecule has 0 fully saturated rings. The van der Waals surface area contributed by atoms with E-state index in [2.05, 4.69) is 21.2 Å². The topological polar surface area (TPSA) is 32.3 Å². The van der Waals surface area contributed by atoms with Gasteiger partial charge >= 0.3 is 0 Å². The summed E-state index contributed by atoms with van der Waals surface area (Å²) >= 11 is 9.36. The first-order valence-electron chi connectivity index (χ1n) is 4.54. The van der Waals surface area contributed by atoms with Crippen molar-refractivity contribution in [3.8, 4) is 0 Å². The number of hydrogen-bond donors (Lipinski definition) is 2. The molecule has 0 aromatic heterocycles. The Balaban J connectivity index is 2.45. The predicted octanol–water partition coefficient (Wildman–Crippen LogP) is 3.29. The van der Waals surface area contributed by atoms with Gasteiger partial charge in [-0.1, -0.05) is 27.5 Å². The number of halogens is 2. The Bertz CT molecular complexity index is 293. The van der Waals surface area contributed by atoms with Crippen LogP contribution in [0.2, 0.25) is 5.02 Å². The molecule has 4 heteroatoms. The van der Waals surface area contributed by atoms with Crippen molar-refractivity contribution in [2.45, 2.75) is 12.8 Å². The van der Waals surface area contributed by atoms with E-state index in [-0.39, 0.29) is 6.61 Å². The molecule has 0 saturated carbocycles. The van der Waals surface area contributed by atoms with Gasteiger partial charge in [-0.15, -0.1) is 0 Å². The van der Waals surface area contributed by atoms with Crippen LogP contribution < -0.4 is 5.32 Å². The molecule has 0 aliphatic rings. The lowest BCUT2D eigenvalue weighted by molar-refractivity contribution is 0.286. The van der Waals surface area contributed by atoms with Crippen molar-refractivity contribution >= 4 is 33.2 Å². The zero-order valence-electron chi connectivity index (χ0n) is 7.76. The van der Waals surface area contributed by atoms with Gasteiger partial charge in [-0.25, -0.2) is 0 Å². The van der Waals surface area contributed by atoms with E-state index in [1.807, 2.05) is 18.2 Å². The van der Waals surface area contributed by atoms with Crippen LogP contribution in [0.3, 0.4) is 0 Å². The summed E-state index contributed by atoms with van der Waals surface area (Å²) in [6.07, 6.45) is 1.76. The Morgan fingerprint density at radius 3 is 2.86 bits per heavy atom. The average Bonchev–Trinajstić information content (AvgIpc) is 2.18. The number of benzene rings is 1. The first-order chi connectivity index (χ1) is 6.74. The van der Waals surface area contributed by atoms with Crippen LogP contribution in [0, 0.1) is 0 Å². The molecule has 0 aliphatic heterocycles. The van der Waals surface area contributed by atoms with Crippen LogP contribution in [-0.2, 0) is 0 Å². The third-order valence-electron chi connectivity index (χ3n) is 1.83. The molecule has 0 unspecified atom stereocenters. The molecule has 0 saturated heterocycles. The molecule has 0 atom stereocenters. The molecule has 2 N–H and O–H groups in total. The summed E-state index contributed by atoms with van der Waals surface area (Å²) in [7, 11) is 0. The standard InChI is InChI=1S/C10H13BrClNO/c11-8-3-4-9(12)10(7-8)13-5-1-2-6-14/h3-4,7,13-14H,1-2,5-6H2. The molecule has 0 heterocycles. The molecule has 0 aliphatic carbocycles. The zero-order chi connectivity index (χ0) is 10.4. The molecule has 78 valence electrons. The zero-order valence-corrected chi connectivity index (χ0v) is 10.1. The van der Waals surface area contributed by atoms with Crippen LogP contribution in [-0.4, -0.2) is 18.3 Å². The summed E-state index contributed by atoms with van der Waals surface area (Å²) in [5.74, 6) is 0. The van der Waals surface area contributed by atoms with Gasteiger partial charge in [0.25, 0.3) is 0 Å². The van der Waals surface area contributed by atoms with E-state index in [9.17, 15) is 0 Å². The van der Waals surface area contributed by atoms with E-state index in [1.54, 1.807) is 0 Å². The Hall–Kier alpha value is -0.250. The SMILES string of the molecule is OCCCCNc1cc(Br)ccc1Cl. The lowest BCUT2D eigenvalue weighted by atomic mass is 10.3. The summed E-state index contributed by atoms with van der Waals surface area (Å²) in [5, 5.41) is 12.5. The highest BCUT2D eigenvalue weighted by Gasteiger charge is 1.99. The number of rotatable bonds is 5. The van der Waals surface area contributed by atoms with Crippen LogP contribution in [0.1, 0.15) is 12.8 Å². The highest BCUT2D eigenvalue weighted by Crippen LogP contribution is 2.25. The molecule has 1 aromatic carbocycles. The quantitative estimate of drug-likeness (QED) is 0.810. The molecular weight excluding hydrogens is 265 g/mol. The minimum atomic E-state index is 0.244. The lowest BCUT2D eigenvalue weighted by Gasteiger charge is -2.07. The number of unbranched alkanes of at least 4 members (excludes halogenated alkanes) is 1. The van der Waals surface area contributed by atoms with E-state index < -0.39 is 0 Å². The van der Waals surface area contributed by atoms with E-state index in [4.69, 9.17) is 16.7 Å². The second-order valence-corrected chi connectivity index (χ2v) is 4.30. The van der Waals surface area contributed by atoms with Gasteiger partial charge in [-0.3, -0.25) is 0 Å². The monoisotopic (exact) mass is 277 g/mol. The van der Waals surface area contributed by atoms with Crippen molar-refractivity contribution in [1.82, 2.24) is 0 Å². The fourth-order valence-corrected chi connectivity index (χ4v) is 1.64. The Labute approximate surface area is 97.4 Å². The summed E-state index contributed by atoms with van der Waals surface area (Å²) in [5.41, 5.74) is 0.930. The summed E-state index contributed by atoms with van der Waals surface area (Å²) in [4.78, 5) is 0. The maximum atomic E-state index is 8.60. The highest BCUT2D eigenvalue weighted by molar-refractivity contribution is 9.10. The van der Waals surface area contributed by atoms with Crippen molar-refractivity contribution in [3.63, 3.8) is 0 Å². The van der Waals surface area contributed by atoms with Gasteiger partial charge in [-0.05, 0) is 31.0 Å². The van der Waals surface area contributed by atoms with E-state index in [1.165, 1.54) is 0 Å². The number of nitrogens with one attached hydrogen (secondary N) is 1. The normalized spacial score (nSPS) is 10.2. The van der Waals surface area contributed by atoms with Gasteiger partial charge in [0.2, 0.25) is 0 Å². The molecule has 0 radical (unpaired) electrons. The smallest absolute Gasteiger partial charge is 0.0638 e. The maximum Gasteiger partial charge on any atom is 0.0638 e. The van der Waals surface area contributed by atoms with E-state index in [0.29, 0.717) is 0 Å². The fraction of sp³-hybridized carbons (Fsp3) is 0.400. The molecule has 0 bridgehead atoms. The highest BCUT2D eigenvalue weighted by atomic mass is 79.9. The largest absolute Gasteiger partial charge is 0.396 e. The molecular formula is C10H13BrClNO. The van der Waals surface area contributed by atoms with Crippen molar-refractivity contribution in [2.24, 2.45) is 0 Å². The molecule has 2 nitrogen and oxygen atoms in total. The third-order valence-corrected chi connectivity index (χ3v) is 2.65. The number of anilines is 1. The van der Waals surface area contributed by atoms with Crippen molar-refractivity contribution in [2.75, 3.05) is 18.5 Å². The van der Waals surface area contributed by atoms with Crippen LogP contribution in [0.15, 0.2) is 22.7 Å². The second-order valence-electron chi connectivity index (χ2n) is 2.98. The van der Waals surface area contributed by atoms with Gasteiger partial charge in [-0.2, -0.15) is 0 Å². The van der Waals surface area contributed by atoms with Crippen LogP contribution in [0.25, 0.3) is 0 Å². The summed E-state index contributed by atoms with van der Waals surface area (Å²) < 4.78 is 1.01. The van der Waals surface area contributed by atoms with Crippen LogP contribution in [0.5, 0.6) is 0 Å². The predicted molar refractivity (Wildman–Crippen MR) is 64.0 cm³/mol. The summed E-state index contributed by atoms with van der Waals surface area (Å²) in [6.45, 7) is 1.07. The molecule has 14 heavy (non-hydrogen) atoms. The maximum absolute atomic E-state index is 8.60. The van der Waals surface area contributed by atoms with Gasteiger partial charge in [0.05, 0.1) is 10.7 Å². The van der Waals surface area contributed by atoms with Crippen LogP contribution in [0.4, 0.5) is 5.69 Å². The second kappa shape index (κ2) is 6.27. The first-order valence-corrected chi connectivity index (χ1v) is 5.71. The lowest BCUT2D eigenvalue weighted by Crippen LogP contribution is -2.02. The molecule has 0 amide bonds. The van der Waals surface area contributed by atoms with Crippen molar-refractivity contribution in [1.29, 1.82) is 0 Å². The Kier molecular flexibility index (Phi) is 5.30. The van der Waals surface area contributed by atoms with Gasteiger partial charge < -0.3 is 10.4 Å². The molecule has 1 rings (SSSR count). The number of aliphatic hydroxyl groups excluding tert-OH is 1. The average molecular weight is 279 g/mol. The van der Waals surface area contributed by atoms with E-state index in [0.717, 1.165) is 34.6 Å². The van der Waals surface area contributed by atoms with Gasteiger partial charge in [0.15, 0.2) is 0 Å². The van der Waals surface area contributed by atoms with Crippen molar-refractivity contribution in [3.05, 3.63) is 27.7 Å². The summed E-state index contributed by atoms with van der Waals surface area (Å²) in [6, 6.07) is 5.70.